The van der Waals surface area contributed by atoms with Crippen LogP contribution in [0.2, 0.25) is 0 Å². The Bertz CT molecular complexity index is 405. The van der Waals surface area contributed by atoms with Crippen LogP contribution < -0.4 is 11.1 Å². The molecule has 0 bridgehead atoms. The molecule has 18 heavy (non-hydrogen) atoms. The van der Waals surface area contributed by atoms with E-state index in [0.717, 1.165) is 18.8 Å². The van der Waals surface area contributed by atoms with Gasteiger partial charge < -0.3 is 16.0 Å². The van der Waals surface area contributed by atoms with Crippen LogP contribution in [0.1, 0.15) is 19.3 Å². The molecular formula is C13H19BrFN3. The third-order valence-electron chi connectivity index (χ3n) is 3.28. The van der Waals surface area contributed by atoms with Crippen molar-refractivity contribution in [1.82, 2.24) is 4.90 Å². The summed E-state index contributed by atoms with van der Waals surface area (Å²) in [6.07, 6.45) is 3.94. The van der Waals surface area contributed by atoms with Crippen LogP contribution in [0.25, 0.3) is 0 Å². The fourth-order valence-corrected chi connectivity index (χ4v) is 2.59. The number of halogens is 2. The molecule has 5 heteroatoms. The molecule has 0 unspecified atom stereocenters. The van der Waals surface area contributed by atoms with E-state index in [0.29, 0.717) is 10.2 Å². The molecule has 3 nitrogen and oxygen atoms in total. The van der Waals surface area contributed by atoms with E-state index >= 15 is 0 Å². The minimum Gasteiger partial charge on any atom is -0.397 e. The highest BCUT2D eigenvalue weighted by Gasteiger charge is 2.10. The van der Waals surface area contributed by atoms with Gasteiger partial charge in [-0.05, 0) is 47.9 Å². The Hall–Kier alpha value is -0.810. The van der Waals surface area contributed by atoms with Gasteiger partial charge in [0.15, 0.2) is 0 Å². The van der Waals surface area contributed by atoms with E-state index in [1.165, 1.54) is 38.4 Å². The minimum atomic E-state index is -0.325. The molecule has 0 amide bonds. The molecule has 1 aliphatic rings. The Morgan fingerprint density at radius 3 is 2.72 bits per heavy atom. The molecule has 0 saturated carbocycles. The molecule has 0 aliphatic carbocycles. The van der Waals surface area contributed by atoms with E-state index in [4.69, 9.17) is 5.73 Å². The number of anilines is 2. The average molecular weight is 316 g/mol. The van der Waals surface area contributed by atoms with Crippen LogP contribution in [0, 0.1) is 5.82 Å². The van der Waals surface area contributed by atoms with Gasteiger partial charge in [-0.2, -0.15) is 0 Å². The van der Waals surface area contributed by atoms with E-state index in [1.54, 1.807) is 6.07 Å². The SMILES string of the molecule is Nc1cc(F)c(Br)cc1NCCN1CCCCC1. The first-order valence-electron chi connectivity index (χ1n) is 6.37. The van der Waals surface area contributed by atoms with E-state index in [9.17, 15) is 4.39 Å². The van der Waals surface area contributed by atoms with Crippen molar-refractivity contribution < 1.29 is 4.39 Å². The van der Waals surface area contributed by atoms with Crippen LogP contribution in [0.15, 0.2) is 16.6 Å². The lowest BCUT2D eigenvalue weighted by molar-refractivity contribution is 0.237. The highest BCUT2D eigenvalue weighted by Crippen LogP contribution is 2.26. The Morgan fingerprint density at radius 2 is 2.00 bits per heavy atom. The Morgan fingerprint density at radius 1 is 1.28 bits per heavy atom. The normalized spacial score (nSPS) is 16.8. The van der Waals surface area contributed by atoms with Gasteiger partial charge in [-0.1, -0.05) is 6.42 Å². The third kappa shape index (κ3) is 3.59. The summed E-state index contributed by atoms with van der Waals surface area (Å²) in [4.78, 5) is 2.45. The van der Waals surface area contributed by atoms with Crippen molar-refractivity contribution in [2.45, 2.75) is 19.3 Å². The second kappa shape index (κ2) is 6.38. The number of nitrogens with zero attached hydrogens (tertiary/aromatic N) is 1. The fourth-order valence-electron chi connectivity index (χ4n) is 2.25. The highest BCUT2D eigenvalue weighted by atomic mass is 79.9. The largest absolute Gasteiger partial charge is 0.397 e. The molecule has 100 valence electrons. The summed E-state index contributed by atoms with van der Waals surface area (Å²) < 4.78 is 13.7. The van der Waals surface area contributed by atoms with Gasteiger partial charge in [-0.3, -0.25) is 0 Å². The lowest BCUT2D eigenvalue weighted by atomic mass is 10.1. The van der Waals surface area contributed by atoms with Gasteiger partial charge in [0.2, 0.25) is 0 Å². The van der Waals surface area contributed by atoms with Crippen LogP contribution in [-0.2, 0) is 0 Å². The molecule has 1 heterocycles. The van der Waals surface area contributed by atoms with Crippen molar-refractivity contribution in [1.29, 1.82) is 0 Å². The number of nitrogen functional groups attached to an aromatic ring is 1. The van der Waals surface area contributed by atoms with Crippen molar-refractivity contribution in [2.75, 3.05) is 37.2 Å². The highest BCUT2D eigenvalue weighted by molar-refractivity contribution is 9.10. The summed E-state index contributed by atoms with van der Waals surface area (Å²) in [6, 6.07) is 3.04. The zero-order valence-corrected chi connectivity index (χ0v) is 12.0. The van der Waals surface area contributed by atoms with Gasteiger partial charge in [0.05, 0.1) is 15.8 Å². The van der Waals surface area contributed by atoms with Gasteiger partial charge in [0.25, 0.3) is 0 Å². The lowest BCUT2D eigenvalue weighted by Crippen LogP contribution is -2.33. The van der Waals surface area contributed by atoms with Crippen molar-refractivity contribution in [3.63, 3.8) is 0 Å². The molecule has 0 spiro atoms. The molecule has 1 aromatic carbocycles. The molecule has 1 aliphatic heterocycles. The zero-order valence-electron chi connectivity index (χ0n) is 10.4. The standard InChI is InChI=1S/C13H19BrFN3/c14-10-8-13(12(16)9-11(10)15)17-4-7-18-5-2-1-3-6-18/h8-9,17H,1-7,16H2. The first-order valence-corrected chi connectivity index (χ1v) is 7.17. The van der Waals surface area contributed by atoms with Crippen molar-refractivity contribution >= 4 is 27.3 Å². The average Bonchev–Trinajstić information content (AvgIpc) is 2.37. The van der Waals surface area contributed by atoms with Gasteiger partial charge >= 0.3 is 0 Å². The van der Waals surface area contributed by atoms with Gasteiger partial charge in [0, 0.05) is 19.2 Å². The minimum absolute atomic E-state index is 0.325. The molecule has 2 rings (SSSR count). The van der Waals surface area contributed by atoms with E-state index in [1.807, 2.05) is 0 Å². The molecule has 1 fully saturated rings. The lowest BCUT2D eigenvalue weighted by Gasteiger charge is -2.26. The van der Waals surface area contributed by atoms with Crippen LogP contribution in [0.5, 0.6) is 0 Å². The number of piperidine rings is 1. The number of hydrogen-bond acceptors (Lipinski definition) is 3. The van der Waals surface area contributed by atoms with Crippen LogP contribution in [0.4, 0.5) is 15.8 Å². The summed E-state index contributed by atoms with van der Waals surface area (Å²) in [6.45, 7) is 4.21. The monoisotopic (exact) mass is 315 g/mol. The predicted molar refractivity (Wildman–Crippen MR) is 77.3 cm³/mol. The fraction of sp³-hybridized carbons (Fsp3) is 0.538. The molecular weight excluding hydrogens is 297 g/mol. The van der Waals surface area contributed by atoms with Gasteiger partial charge in [0.1, 0.15) is 5.82 Å². The predicted octanol–water partition coefficient (Wildman–Crippen LogP) is 3.07. The summed E-state index contributed by atoms with van der Waals surface area (Å²) in [5, 5.41) is 3.26. The number of likely N-dealkylation sites (tertiary alicyclic amines) is 1. The second-order valence-electron chi connectivity index (χ2n) is 4.68. The van der Waals surface area contributed by atoms with Gasteiger partial charge in [-0.15, -0.1) is 0 Å². The number of rotatable bonds is 4. The first-order chi connectivity index (χ1) is 8.66. The molecule has 0 radical (unpaired) electrons. The Labute approximate surface area is 116 Å². The summed E-state index contributed by atoms with van der Waals surface area (Å²) in [7, 11) is 0. The van der Waals surface area contributed by atoms with Crippen LogP contribution >= 0.6 is 15.9 Å². The smallest absolute Gasteiger partial charge is 0.139 e. The number of nitrogens with one attached hydrogen (secondary N) is 1. The maximum absolute atomic E-state index is 13.2. The number of hydrogen-bond donors (Lipinski definition) is 2. The summed E-state index contributed by atoms with van der Waals surface area (Å²) >= 11 is 3.17. The number of nitrogens with two attached hydrogens (primary N) is 1. The third-order valence-corrected chi connectivity index (χ3v) is 3.89. The zero-order chi connectivity index (χ0) is 13.0. The summed E-state index contributed by atoms with van der Waals surface area (Å²) in [5.41, 5.74) is 7.02. The van der Waals surface area contributed by atoms with E-state index in [-0.39, 0.29) is 5.82 Å². The van der Waals surface area contributed by atoms with Crippen molar-refractivity contribution in [2.24, 2.45) is 0 Å². The number of benzene rings is 1. The van der Waals surface area contributed by atoms with E-state index in [2.05, 4.69) is 26.1 Å². The van der Waals surface area contributed by atoms with Gasteiger partial charge in [-0.25, -0.2) is 4.39 Å². The van der Waals surface area contributed by atoms with Crippen molar-refractivity contribution in [3.8, 4) is 0 Å². The Kier molecular flexibility index (Phi) is 4.83. The topological polar surface area (TPSA) is 41.3 Å². The van der Waals surface area contributed by atoms with E-state index < -0.39 is 0 Å². The molecule has 0 aromatic heterocycles. The Balaban J connectivity index is 1.84. The molecule has 3 N–H and O–H groups in total. The molecule has 1 saturated heterocycles. The first kappa shape index (κ1) is 13.6. The molecule has 0 atom stereocenters. The maximum Gasteiger partial charge on any atom is 0.139 e. The van der Waals surface area contributed by atoms with Crippen LogP contribution in [0.3, 0.4) is 0 Å². The van der Waals surface area contributed by atoms with Crippen molar-refractivity contribution in [3.05, 3.63) is 22.4 Å². The molecule has 1 aromatic rings. The maximum atomic E-state index is 13.2. The quantitative estimate of drug-likeness (QED) is 0.839. The van der Waals surface area contributed by atoms with Crippen LogP contribution in [-0.4, -0.2) is 31.1 Å². The second-order valence-corrected chi connectivity index (χ2v) is 5.54. The summed E-state index contributed by atoms with van der Waals surface area (Å²) in [5.74, 6) is -0.325.